The van der Waals surface area contributed by atoms with Gasteiger partial charge in [0.15, 0.2) is 5.16 Å². The average molecular weight is 387 g/mol. The van der Waals surface area contributed by atoms with Gasteiger partial charge >= 0.3 is 5.97 Å². The number of rotatable bonds is 5. The Hall–Kier alpha value is -2.74. The zero-order valence-electron chi connectivity index (χ0n) is 15.3. The summed E-state index contributed by atoms with van der Waals surface area (Å²) in [6.07, 6.45) is 0. The van der Waals surface area contributed by atoms with E-state index in [1.165, 1.54) is 17.8 Å². The molecule has 1 atom stereocenters. The van der Waals surface area contributed by atoms with Crippen molar-refractivity contribution in [3.8, 4) is 5.75 Å². The van der Waals surface area contributed by atoms with Crippen molar-refractivity contribution < 1.29 is 14.6 Å². The monoisotopic (exact) mass is 387 g/mol. The number of carbonyl (C=O) groups excluding carboxylic acids is 1. The van der Waals surface area contributed by atoms with Crippen LogP contribution in [0.2, 0.25) is 0 Å². The van der Waals surface area contributed by atoms with Gasteiger partial charge in [0.05, 0.1) is 23.7 Å². The molecule has 2 aromatic rings. The van der Waals surface area contributed by atoms with Gasteiger partial charge in [0.1, 0.15) is 11.6 Å². The van der Waals surface area contributed by atoms with Crippen LogP contribution in [0.25, 0.3) is 0 Å². The molecule has 1 aromatic carbocycles. The van der Waals surface area contributed by atoms with Gasteiger partial charge in [-0.15, -0.1) is 0 Å². The number of thioether (sulfide) groups is 1. The van der Waals surface area contributed by atoms with E-state index in [-0.39, 0.29) is 17.9 Å². The molecule has 0 spiro atoms. The fourth-order valence-electron chi connectivity index (χ4n) is 3.15. The Morgan fingerprint density at radius 1 is 1.37 bits per heavy atom. The highest BCUT2D eigenvalue weighted by molar-refractivity contribution is 7.99. The van der Waals surface area contributed by atoms with Crippen LogP contribution in [0.3, 0.4) is 0 Å². The number of hydrogen-bond donors (Lipinski definition) is 3. The van der Waals surface area contributed by atoms with Crippen LogP contribution in [-0.2, 0) is 9.53 Å². The normalized spacial score (nSPS) is 15.9. The van der Waals surface area contributed by atoms with E-state index in [0.29, 0.717) is 33.4 Å². The van der Waals surface area contributed by atoms with Gasteiger partial charge in [-0.05, 0) is 37.3 Å². The number of aromatic amines is 1. The van der Waals surface area contributed by atoms with Crippen molar-refractivity contribution in [1.29, 1.82) is 0 Å². The van der Waals surface area contributed by atoms with Crippen LogP contribution < -0.4 is 10.9 Å². The third kappa shape index (κ3) is 3.71. The second kappa shape index (κ2) is 7.87. The maximum atomic E-state index is 12.9. The number of aromatic hydroxyl groups is 1. The molecule has 0 aliphatic carbocycles. The van der Waals surface area contributed by atoms with E-state index in [0.717, 1.165) is 5.75 Å². The third-order valence-electron chi connectivity index (χ3n) is 4.20. The molecule has 1 aliphatic heterocycles. The van der Waals surface area contributed by atoms with Crippen molar-refractivity contribution in [1.82, 2.24) is 9.97 Å². The molecule has 0 saturated carbocycles. The van der Waals surface area contributed by atoms with Crippen molar-refractivity contribution in [2.75, 3.05) is 17.7 Å². The lowest BCUT2D eigenvalue weighted by molar-refractivity contribution is -0.138. The Morgan fingerprint density at radius 3 is 2.81 bits per heavy atom. The first-order valence-electron chi connectivity index (χ1n) is 8.67. The molecule has 1 unspecified atom stereocenters. The molecule has 1 aromatic heterocycles. The number of phenols is 1. The molecule has 1 aliphatic rings. The summed E-state index contributed by atoms with van der Waals surface area (Å²) in [5.41, 5.74) is 1.52. The van der Waals surface area contributed by atoms with E-state index in [9.17, 15) is 14.7 Å². The van der Waals surface area contributed by atoms with Crippen molar-refractivity contribution in [2.45, 2.75) is 31.8 Å². The van der Waals surface area contributed by atoms with Gasteiger partial charge in [-0.3, -0.25) is 4.79 Å². The van der Waals surface area contributed by atoms with E-state index < -0.39 is 11.9 Å². The molecule has 142 valence electrons. The van der Waals surface area contributed by atoms with E-state index >= 15 is 0 Å². The molecule has 3 rings (SSSR count). The topological polar surface area (TPSA) is 104 Å². The van der Waals surface area contributed by atoms with Gasteiger partial charge in [0.2, 0.25) is 0 Å². The minimum atomic E-state index is -0.690. The number of phenolic OH excluding ortho intramolecular Hbond substituents is 1. The van der Waals surface area contributed by atoms with E-state index in [4.69, 9.17) is 4.74 Å². The van der Waals surface area contributed by atoms with Crippen molar-refractivity contribution >= 4 is 23.5 Å². The number of fused-ring (bicyclic) bond motifs is 1. The number of ether oxygens (including phenoxy) is 1. The second-order valence-electron chi connectivity index (χ2n) is 5.98. The fraction of sp³-hybridized carbons (Fsp3) is 0.316. The number of hydrogen-bond acceptors (Lipinski definition) is 7. The van der Waals surface area contributed by atoms with Gasteiger partial charge in [-0.1, -0.05) is 30.8 Å². The minimum absolute atomic E-state index is 0.0518. The van der Waals surface area contributed by atoms with Gasteiger partial charge in [0, 0.05) is 5.70 Å². The molecular formula is C19H21N3O4S. The lowest BCUT2D eigenvalue weighted by Crippen LogP contribution is -2.31. The Labute approximate surface area is 160 Å². The highest BCUT2D eigenvalue weighted by Gasteiger charge is 2.36. The maximum Gasteiger partial charge on any atom is 0.336 e. The van der Waals surface area contributed by atoms with Crippen LogP contribution in [-0.4, -0.2) is 33.4 Å². The summed E-state index contributed by atoms with van der Waals surface area (Å²) in [5, 5.41) is 13.5. The zero-order valence-corrected chi connectivity index (χ0v) is 16.1. The number of H-pyrrole nitrogens is 1. The van der Waals surface area contributed by atoms with Crippen molar-refractivity contribution in [3.05, 3.63) is 57.0 Å². The van der Waals surface area contributed by atoms with Crippen LogP contribution in [0.15, 0.2) is 45.5 Å². The van der Waals surface area contributed by atoms with Crippen molar-refractivity contribution in [2.24, 2.45) is 0 Å². The van der Waals surface area contributed by atoms with Crippen LogP contribution in [0.5, 0.6) is 5.75 Å². The molecule has 0 bridgehead atoms. The average Bonchev–Trinajstić information content (AvgIpc) is 2.60. The molecular weight excluding hydrogens is 366 g/mol. The number of benzene rings is 1. The first-order chi connectivity index (χ1) is 13.0. The van der Waals surface area contributed by atoms with Gasteiger partial charge in [0.25, 0.3) is 5.56 Å². The Kier molecular flexibility index (Phi) is 5.55. The highest BCUT2D eigenvalue weighted by Crippen LogP contribution is 2.40. The first-order valence-corrected chi connectivity index (χ1v) is 9.65. The quantitative estimate of drug-likeness (QED) is 0.411. The lowest BCUT2D eigenvalue weighted by atomic mass is 9.82. The molecule has 27 heavy (non-hydrogen) atoms. The summed E-state index contributed by atoms with van der Waals surface area (Å²) >= 11 is 1.42. The number of nitrogens with one attached hydrogen (secondary N) is 2. The molecule has 7 nitrogen and oxygen atoms in total. The number of anilines is 1. The van der Waals surface area contributed by atoms with Crippen LogP contribution in [0.1, 0.15) is 37.8 Å². The highest BCUT2D eigenvalue weighted by atomic mass is 32.2. The first kappa shape index (κ1) is 19.0. The summed E-state index contributed by atoms with van der Waals surface area (Å²) in [4.78, 5) is 32.8. The minimum Gasteiger partial charge on any atom is -0.508 e. The third-order valence-corrected chi connectivity index (χ3v) is 4.96. The van der Waals surface area contributed by atoms with Crippen LogP contribution in [0.4, 0.5) is 5.82 Å². The molecule has 8 heteroatoms. The molecule has 0 saturated heterocycles. The summed E-state index contributed by atoms with van der Waals surface area (Å²) in [5.74, 6) is 0.0301. The van der Waals surface area contributed by atoms with Gasteiger partial charge in [-0.2, -0.15) is 0 Å². The summed E-state index contributed by atoms with van der Waals surface area (Å²) in [6.45, 7) is 5.66. The number of aromatic nitrogens is 2. The molecule has 0 amide bonds. The van der Waals surface area contributed by atoms with Crippen LogP contribution in [0, 0.1) is 0 Å². The van der Waals surface area contributed by atoms with Gasteiger partial charge < -0.3 is 20.1 Å². The predicted molar refractivity (Wildman–Crippen MR) is 104 cm³/mol. The summed E-state index contributed by atoms with van der Waals surface area (Å²) in [6, 6.07) is 6.52. The summed E-state index contributed by atoms with van der Waals surface area (Å²) in [7, 11) is 0. The molecule has 0 fully saturated rings. The molecule has 2 heterocycles. The van der Waals surface area contributed by atoms with E-state index in [2.05, 4.69) is 15.3 Å². The Balaban J connectivity index is 2.24. The van der Waals surface area contributed by atoms with Crippen LogP contribution >= 0.6 is 11.8 Å². The largest absolute Gasteiger partial charge is 0.508 e. The number of nitrogens with zero attached hydrogens (tertiary/aromatic N) is 1. The maximum absolute atomic E-state index is 12.9. The Bertz CT molecular complexity index is 968. The Morgan fingerprint density at radius 2 is 2.15 bits per heavy atom. The van der Waals surface area contributed by atoms with Crippen molar-refractivity contribution in [3.63, 3.8) is 0 Å². The van der Waals surface area contributed by atoms with E-state index in [1.807, 2.05) is 6.92 Å². The zero-order chi connectivity index (χ0) is 19.6. The SMILES string of the molecule is CCOC(=O)C1=C(C)Nc2nc(SCC)[nH]c(=O)c2C1c1cccc(O)c1. The number of esters is 1. The van der Waals surface area contributed by atoms with E-state index in [1.54, 1.807) is 32.0 Å². The fourth-order valence-corrected chi connectivity index (χ4v) is 3.75. The predicted octanol–water partition coefficient (Wildman–Crippen LogP) is 2.98. The standard InChI is InChI=1S/C19H21N3O4S/c1-4-26-18(25)13-10(3)20-16-15(17(24)22-19(21-16)27-5-2)14(13)11-7-6-8-12(23)9-11/h6-9,14,23H,4-5H2,1-3H3,(H2,20,21,22,24). The summed E-state index contributed by atoms with van der Waals surface area (Å²) < 4.78 is 5.21. The number of carbonyl (C=O) groups is 1. The lowest BCUT2D eigenvalue weighted by Gasteiger charge is -2.28. The number of allylic oxidation sites excluding steroid dienone is 1. The second-order valence-corrected chi connectivity index (χ2v) is 7.23. The molecule has 3 N–H and O–H groups in total. The smallest absolute Gasteiger partial charge is 0.336 e. The molecule has 0 radical (unpaired) electrons. The van der Waals surface area contributed by atoms with Gasteiger partial charge in [-0.25, -0.2) is 9.78 Å².